The highest BCUT2D eigenvalue weighted by Gasteiger charge is 2.48. The first-order chi connectivity index (χ1) is 14.8. The number of carbonyl (C=O) groups is 2. The monoisotopic (exact) mass is 498 g/mol. The first-order valence-electron chi connectivity index (χ1n) is 9.46. The van der Waals surface area contributed by atoms with Gasteiger partial charge in [-0.05, 0) is 55.8 Å². The first kappa shape index (κ1) is 21.3. The van der Waals surface area contributed by atoms with Crippen LogP contribution in [0.3, 0.4) is 0 Å². The highest BCUT2D eigenvalue weighted by atomic mass is 79.9. The second-order valence-corrected chi connectivity index (χ2v) is 9.19. The van der Waals surface area contributed by atoms with E-state index in [9.17, 15) is 14.7 Å². The van der Waals surface area contributed by atoms with E-state index in [1.165, 1.54) is 16.2 Å². The van der Waals surface area contributed by atoms with Crippen LogP contribution in [-0.2, 0) is 9.59 Å². The molecular weight excluding hydrogens is 480 g/mol. The summed E-state index contributed by atoms with van der Waals surface area (Å²) in [5, 5.41) is 11.5. The van der Waals surface area contributed by atoms with Crippen molar-refractivity contribution in [3.8, 4) is 5.75 Å². The molecule has 0 spiro atoms. The van der Waals surface area contributed by atoms with E-state index in [-0.39, 0.29) is 11.3 Å². The molecule has 31 heavy (non-hydrogen) atoms. The zero-order chi connectivity index (χ0) is 22.3. The maximum atomic E-state index is 13.1. The van der Waals surface area contributed by atoms with Gasteiger partial charge in [-0.3, -0.25) is 14.5 Å². The molecule has 0 radical (unpaired) electrons. The second kappa shape index (κ2) is 8.28. The molecule has 1 fully saturated rings. The van der Waals surface area contributed by atoms with Crippen molar-refractivity contribution in [3.05, 3.63) is 80.3 Å². The minimum absolute atomic E-state index is 0.0266. The molecule has 6 nitrogen and oxygen atoms in total. The molecule has 1 aliphatic heterocycles. The number of aliphatic hydroxyl groups excluding tert-OH is 1. The van der Waals surface area contributed by atoms with Crippen LogP contribution in [0.4, 0.5) is 5.13 Å². The van der Waals surface area contributed by atoms with E-state index in [2.05, 4.69) is 20.9 Å². The number of ether oxygens (including phenoxy) is 1. The SMILES string of the molecule is COc1ccc(C(O)=C2C(=O)C(=O)N(c3nc(C)c(C)s3)C2c2cccc(Br)c2)cc1. The molecule has 3 aromatic rings. The van der Waals surface area contributed by atoms with Crippen LogP contribution in [-0.4, -0.2) is 28.9 Å². The van der Waals surface area contributed by atoms with Crippen LogP contribution in [0, 0.1) is 13.8 Å². The fourth-order valence-corrected chi connectivity index (χ4v) is 4.84. The van der Waals surface area contributed by atoms with Crippen molar-refractivity contribution >= 4 is 49.8 Å². The fourth-order valence-electron chi connectivity index (χ4n) is 3.49. The quantitative estimate of drug-likeness (QED) is 0.305. The van der Waals surface area contributed by atoms with Gasteiger partial charge in [-0.15, -0.1) is 11.3 Å². The molecule has 1 aromatic heterocycles. The molecule has 1 aliphatic rings. The molecule has 0 saturated carbocycles. The zero-order valence-electron chi connectivity index (χ0n) is 17.0. The zero-order valence-corrected chi connectivity index (χ0v) is 19.5. The van der Waals surface area contributed by atoms with Crippen LogP contribution in [0.1, 0.15) is 27.7 Å². The molecule has 2 aromatic carbocycles. The van der Waals surface area contributed by atoms with Crippen LogP contribution >= 0.6 is 27.3 Å². The van der Waals surface area contributed by atoms with E-state index in [4.69, 9.17) is 4.74 Å². The van der Waals surface area contributed by atoms with Gasteiger partial charge < -0.3 is 9.84 Å². The Morgan fingerprint density at radius 3 is 2.45 bits per heavy atom. The summed E-state index contributed by atoms with van der Waals surface area (Å²) in [5.74, 6) is -1.08. The van der Waals surface area contributed by atoms with Gasteiger partial charge in [-0.25, -0.2) is 4.98 Å². The lowest BCUT2D eigenvalue weighted by molar-refractivity contribution is -0.132. The summed E-state index contributed by atoms with van der Waals surface area (Å²) in [7, 11) is 1.55. The normalized spacial score (nSPS) is 17.9. The van der Waals surface area contributed by atoms with Crippen LogP contribution < -0.4 is 9.64 Å². The molecule has 8 heteroatoms. The number of hydrogen-bond acceptors (Lipinski definition) is 6. The Labute approximate surface area is 191 Å². The van der Waals surface area contributed by atoms with E-state index >= 15 is 0 Å². The van der Waals surface area contributed by atoms with Crippen molar-refractivity contribution in [2.24, 2.45) is 0 Å². The van der Waals surface area contributed by atoms with Crippen molar-refractivity contribution in [1.29, 1.82) is 0 Å². The third-order valence-corrected chi connectivity index (χ3v) is 6.76. The van der Waals surface area contributed by atoms with Crippen LogP contribution in [0.25, 0.3) is 5.76 Å². The van der Waals surface area contributed by atoms with Gasteiger partial charge in [0, 0.05) is 14.9 Å². The number of rotatable bonds is 4. The van der Waals surface area contributed by atoms with Gasteiger partial charge in [0.25, 0.3) is 5.78 Å². The van der Waals surface area contributed by atoms with E-state index in [0.29, 0.717) is 22.0 Å². The highest BCUT2D eigenvalue weighted by Crippen LogP contribution is 2.44. The number of aryl methyl sites for hydroxylation is 2. The third kappa shape index (κ3) is 3.77. The first-order valence-corrected chi connectivity index (χ1v) is 11.1. The Balaban J connectivity index is 1.93. The Hall–Kier alpha value is -2.97. The van der Waals surface area contributed by atoms with Gasteiger partial charge in [0.05, 0.1) is 24.4 Å². The van der Waals surface area contributed by atoms with Crippen LogP contribution in [0.2, 0.25) is 0 Å². The van der Waals surface area contributed by atoms with E-state index in [0.717, 1.165) is 15.0 Å². The number of halogens is 1. The Morgan fingerprint density at radius 1 is 1.16 bits per heavy atom. The number of hydrogen-bond donors (Lipinski definition) is 1. The predicted molar refractivity (Wildman–Crippen MR) is 124 cm³/mol. The molecule has 4 rings (SSSR count). The van der Waals surface area contributed by atoms with Crippen molar-refractivity contribution in [2.45, 2.75) is 19.9 Å². The number of methoxy groups -OCH3 is 1. The molecule has 1 saturated heterocycles. The van der Waals surface area contributed by atoms with E-state index < -0.39 is 17.7 Å². The van der Waals surface area contributed by atoms with Gasteiger partial charge in [0.2, 0.25) is 0 Å². The number of aromatic nitrogens is 1. The predicted octanol–water partition coefficient (Wildman–Crippen LogP) is 5.16. The lowest BCUT2D eigenvalue weighted by Gasteiger charge is -2.23. The van der Waals surface area contributed by atoms with Crippen LogP contribution in [0.15, 0.2) is 58.6 Å². The van der Waals surface area contributed by atoms with Gasteiger partial charge in [-0.2, -0.15) is 0 Å². The summed E-state index contributed by atoms with van der Waals surface area (Å²) >= 11 is 4.80. The topological polar surface area (TPSA) is 79.7 Å². The lowest BCUT2D eigenvalue weighted by Crippen LogP contribution is -2.29. The molecule has 0 aliphatic carbocycles. The number of aliphatic hydroxyl groups is 1. The molecule has 1 atom stereocenters. The summed E-state index contributed by atoms with van der Waals surface area (Å²) in [5.41, 5.74) is 1.93. The lowest BCUT2D eigenvalue weighted by atomic mass is 9.95. The summed E-state index contributed by atoms with van der Waals surface area (Å²) in [6.45, 7) is 3.77. The van der Waals surface area contributed by atoms with E-state index in [1.54, 1.807) is 31.4 Å². The minimum Gasteiger partial charge on any atom is -0.507 e. The number of nitrogens with zero attached hydrogens (tertiary/aromatic N) is 2. The molecule has 1 unspecified atom stereocenters. The van der Waals surface area contributed by atoms with Crippen molar-refractivity contribution in [2.75, 3.05) is 12.0 Å². The Kier molecular flexibility index (Phi) is 5.68. The second-order valence-electron chi connectivity index (χ2n) is 7.09. The van der Waals surface area contributed by atoms with Gasteiger partial charge in [-0.1, -0.05) is 28.1 Å². The van der Waals surface area contributed by atoms with Crippen LogP contribution in [0.5, 0.6) is 5.75 Å². The van der Waals surface area contributed by atoms with Crippen molar-refractivity contribution < 1.29 is 19.4 Å². The molecule has 1 N–H and O–H groups in total. The number of ketones is 1. The fraction of sp³-hybridized carbons (Fsp3) is 0.174. The van der Waals surface area contributed by atoms with Gasteiger partial charge in [0.15, 0.2) is 5.13 Å². The summed E-state index contributed by atoms with van der Waals surface area (Å²) in [4.78, 5) is 33.1. The largest absolute Gasteiger partial charge is 0.507 e. The summed E-state index contributed by atoms with van der Waals surface area (Å²) < 4.78 is 5.96. The third-order valence-electron chi connectivity index (χ3n) is 5.20. The number of Topliss-reactive ketones (excluding diaryl/α,β-unsaturated/α-hetero) is 1. The summed E-state index contributed by atoms with van der Waals surface area (Å²) in [6, 6.07) is 13.2. The van der Waals surface area contributed by atoms with Gasteiger partial charge >= 0.3 is 5.91 Å². The average Bonchev–Trinajstić information content (AvgIpc) is 3.23. The average molecular weight is 499 g/mol. The number of benzene rings is 2. The number of amides is 1. The molecular formula is C23H19BrN2O4S. The maximum Gasteiger partial charge on any atom is 0.301 e. The van der Waals surface area contributed by atoms with E-state index in [1.807, 2.05) is 38.1 Å². The number of thiazole rings is 1. The minimum atomic E-state index is -0.801. The molecule has 158 valence electrons. The van der Waals surface area contributed by atoms with Gasteiger partial charge in [0.1, 0.15) is 11.5 Å². The molecule has 1 amide bonds. The smallest absolute Gasteiger partial charge is 0.301 e. The number of anilines is 1. The highest BCUT2D eigenvalue weighted by molar-refractivity contribution is 9.10. The van der Waals surface area contributed by atoms with Crippen molar-refractivity contribution in [1.82, 2.24) is 4.98 Å². The Morgan fingerprint density at radius 2 is 1.87 bits per heavy atom. The van der Waals surface area contributed by atoms with Crippen molar-refractivity contribution in [3.63, 3.8) is 0 Å². The Bertz CT molecular complexity index is 1200. The molecule has 2 heterocycles. The number of carbonyl (C=O) groups excluding carboxylic acids is 2. The summed E-state index contributed by atoms with van der Waals surface area (Å²) in [6.07, 6.45) is 0. The molecule has 0 bridgehead atoms. The maximum absolute atomic E-state index is 13.1. The standard InChI is InChI=1S/C23H19BrN2O4S/c1-12-13(2)31-23(25-12)26-19(15-5-4-6-16(24)11-15)18(21(28)22(26)29)20(27)14-7-9-17(30-3)10-8-14/h4-11,19,27H,1-3H3.